The molecule has 0 aliphatic heterocycles. The Hall–Kier alpha value is -1.08. The van der Waals surface area contributed by atoms with E-state index in [4.69, 9.17) is 0 Å². The van der Waals surface area contributed by atoms with Crippen LogP contribution in [0.15, 0.2) is 24.8 Å². The van der Waals surface area contributed by atoms with Crippen LogP contribution >= 0.6 is 0 Å². The minimum Gasteiger partial charge on any atom is -0.388 e. The lowest BCUT2D eigenvalue weighted by Crippen LogP contribution is -2.10. The Morgan fingerprint density at radius 1 is 1.20 bits per heavy atom. The normalized spacial score (nSPS) is 14.7. The van der Waals surface area contributed by atoms with Crippen LogP contribution in [0.3, 0.4) is 0 Å². The second-order valence-electron chi connectivity index (χ2n) is 4.35. The molecule has 1 aromatic carbocycles. The molecule has 0 aliphatic rings. The highest BCUT2D eigenvalue weighted by Gasteiger charge is 2.17. The zero-order valence-electron chi connectivity index (χ0n) is 10.0. The third-order valence-corrected chi connectivity index (χ3v) is 2.90. The van der Waals surface area contributed by atoms with Gasteiger partial charge in [-0.15, -0.1) is 6.58 Å². The van der Waals surface area contributed by atoms with Crippen molar-refractivity contribution < 1.29 is 5.11 Å². The van der Waals surface area contributed by atoms with Gasteiger partial charge in [0.2, 0.25) is 0 Å². The number of hydrogen-bond donors (Lipinski definition) is 1. The zero-order chi connectivity index (χ0) is 11.6. The predicted molar refractivity (Wildman–Crippen MR) is 65.0 cm³/mol. The van der Waals surface area contributed by atoms with Crippen molar-refractivity contribution in [1.29, 1.82) is 0 Å². The maximum atomic E-state index is 10.2. The lowest BCUT2D eigenvalue weighted by Gasteiger charge is -2.20. The molecule has 1 aromatic rings. The van der Waals surface area contributed by atoms with Crippen LogP contribution in [0.25, 0.3) is 0 Å². The molecule has 1 N–H and O–H groups in total. The maximum Gasteiger partial charge on any atom is 0.0854 e. The molecule has 0 amide bonds. The van der Waals surface area contributed by atoms with E-state index in [1.54, 1.807) is 6.08 Å². The topological polar surface area (TPSA) is 20.2 Å². The van der Waals surface area contributed by atoms with E-state index in [-0.39, 0.29) is 5.92 Å². The Labute approximate surface area is 92.5 Å². The van der Waals surface area contributed by atoms with Gasteiger partial charge >= 0.3 is 0 Å². The van der Waals surface area contributed by atoms with Gasteiger partial charge in [-0.3, -0.25) is 0 Å². The molecule has 15 heavy (non-hydrogen) atoms. The van der Waals surface area contributed by atoms with E-state index < -0.39 is 6.10 Å². The van der Waals surface area contributed by atoms with Crippen molar-refractivity contribution in [3.05, 3.63) is 47.0 Å². The van der Waals surface area contributed by atoms with E-state index >= 15 is 0 Å². The van der Waals surface area contributed by atoms with Crippen LogP contribution in [0.5, 0.6) is 0 Å². The fraction of sp³-hybridized carbons (Fsp3) is 0.429. The number of benzene rings is 1. The molecule has 1 rings (SSSR count). The minimum atomic E-state index is -0.442. The average molecular weight is 204 g/mol. The van der Waals surface area contributed by atoms with Crippen LogP contribution in [0, 0.1) is 26.7 Å². The molecule has 0 aliphatic carbocycles. The summed E-state index contributed by atoms with van der Waals surface area (Å²) in [5.74, 6) is 0.0881. The van der Waals surface area contributed by atoms with Gasteiger partial charge in [0.05, 0.1) is 6.10 Å². The summed E-state index contributed by atoms with van der Waals surface area (Å²) in [7, 11) is 0. The highest BCUT2D eigenvalue weighted by atomic mass is 16.3. The van der Waals surface area contributed by atoms with Gasteiger partial charge in [-0.1, -0.05) is 30.7 Å². The van der Waals surface area contributed by atoms with Gasteiger partial charge in [0.1, 0.15) is 0 Å². The van der Waals surface area contributed by atoms with Crippen molar-refractivity contribution in [3.63, 3.8) is 0 Å². The first-order valence-corrected chi connectivity index (χ1v) is 5.35. The summed E-state index contributed by atoms with van der Waals surface area (Å²) >= 11 is 0. The molecule has 0 fully saturated rings. The Morgan fingerprint density at radius 2 is 1.67 bits per heavy atom. The summed E-state index contributed by atoms with van der Waals surface area (Å²) in [5, 5.41) is 10.2. The van der Waals surface area contributed by atoms with E-state index in [1.165, 1.54) is 5.56 Å². The highest BCUT2D eigenvalue weighted by molar-refractivity contribution is 5.39. The van der Waals surface area contributed by atoms with E-state index in [0.29, 0.717) is 0 Å². The second-order valence-corrected chi connectivity index (χ2v) is 4.35. The van der Waals surface area contributed by atoms with Crippen molar-refractivity contribution in [2.75, 3.05) is 0 Å². The summed E-state index contributed by atoms with van der Waals surface area (Å²) < 4.78 is 0. The molecular formula is C14H20O. The van der Waals surface area contributed by atoms with Crippen molar-refractivity contribution in [2.45, 2.75) is 33.8 Å². The van der Waals surface area contributed by atoms with Crippen LogP contribution in [0.1, 0.15) is 35.3 Å². The van der Waals surface area contributed by atoms with Gasteiger partial charge in [-0.25, -0.2) is 0 Å². The number of aliphatic hydroxyl groups is 1. The van der Waals surface area contributed by atoms with Crippen molar-refractivity contribution in [1.82, 2.24) is 0 Å². The number of aryl methyl sites for hydroxylation is 3. The fourth-order valence-corrected chi connectivity index (χ4v) is 2.05. The van der Waals surface area contributed by atoms with Crippen LogP contribution in [-0.2, 0) is 0 Å². The van der Waals surface area contributed by atoms with E-state index in [2.05, 4.69) is 25.6 Å². The fourth-order valence-electron chi connectivity index (χ4n) is 2.05. The van der Waals surface area contributed by atoms with Crippen molar-refractivity contribution >= 4 is 0 Å². The first-order chi connectivity index (χ1) is 6.97. The molecule has 0 heterocycles. The quantitative estimate of drug-likeness (QED) is 0.747. The van der Waals surface area contributed by atoms with Gasteiger partial charge in [0.15, 0.2) is 0 Å². The standard InChI is InChI=1S/C14H20O/c1-6-10(3)14(15)13-11(4)7-9(2)8-12(13)5/h6-8,10,14-15H,1H2,2-5H3/t10-,14+/m0/s1. The zero-order valence-corrected chi connectivity index (χ0v) is 10.0. The van der Waals surface area contributed by atoms with Crippen molar-refractivity contribution in [3.8, 4) is 0 Å². The Bertz CT molecular complexity index is 343. The maximum absolute atomic E-state index is 10.2. The first kappa shape index (κ1) is 12.0. The summed E-state index contributed by atoms with van der Waals surface area (Å²) in [6, 6.07) is 4.22. The molecule has 1 nitrogen and oxygen atoms in total. The van der Waals surface area contributed by atoms with Gasteiger partial charge in [0.25, 0.3) is 0 Å². The van der Waals surface area contributed by atoms with E-state index in [9.17, 15) is 5.11 Å². The molecular weight excluding hydrogens is 184 g/mol. The third-order valence-electron chi connectivity index (χ3n) is 2.90. The minimum absolute atomic E-state index is 0.0881. The van der Waals surface area contributed by atoms with Crippen LogP contribution in [0.2, 0.25) is 0 Å². The average Bonchev–Trinajstić information content (AvgIpc) is 2.14. The van der Waals surface area contributed by atoms with Crippen LogP contribution < -0.4 is 0 Å². The lowest BCUT2D eigenvalue weighted by atomic mass is 9.89. The Kier molecular flexibility index (Phi) is 3.70. The molecule has 0 aromatic heterocycles. The van der Waals surface area contributed by atoms with Crippen molar-refractivity contribution in [2.24, 2.45) is 5.92 Å². The number of hydrogen-bond acceptors (Lipinski definition) is 1. The molecule has 1 heteroatoms. The highest BCUT2D eigenvalue weighted by Crippen LogP contribution is 2.29. The molecule has 0 saturated carbocycles. The molecule has 0 saturated heterocycles. The molecule has 0 spiro atoms. The van der Waals surface area contributed by atoms with Gasteiger partial charge < -0.3 is 5.11 Å². The number of rotatable bonds is 3. The summed E-state index contributed by atoms with van der Waals surface area (Å²) in [6.07, 6.45) is 1.35. The van der Waals surface area contributed by atoms with Crippen LogP contribution in [-0.4, -0.2) is 5.11 Å². The molecule has 82 valence electrons. The monoisotopic (exact) mass is 204 g/mol. The van der Waals surface area contributed by atoms with E-state index in [0.717, 1.165) is 16.7 Å². The van der Waals surface area contributed by atoms with Gasteiger partial charge in [-0.05, 0) is 37.5 Å². The second kappa shape index (κ2) is 4.63. The summed E-state index contributed by atoms with van der Waals surface area (Å²) in [4.78, 5) is 0. The third kappa shape index (κ3) is 2.48. The van der Waals surface area contributed by atoms with Crippen LogP contribution in [0.4, 0.5) is 0 Å². The molecule has 0 radical (unpaired) electrons. The largest absolute Gasteiger partial charge is 0.388 e. The van der Waals surface area contributed by atoms with Gasteiger partial charge in [-0.2, -0.15) is 0 Å². The predicted octanol–water partition coefficient (Wildman–Crippen LogP) is 3.47. The van der Waals surface area contributed by atoms with E-state index in [1.807, 2.05) is 20.8 Å². The smallest absolute Gasteiger partial charge is 0.0854 e. The van der Waals surface area contributed by atoms with Gasteiger partial charge in [0, 0.05) is 5.92 Å². The molecule has 2 atom stereocenters. The summed E-state index contributed by atoms with van der Waals surface area (Å²) in [6.45, 7) is 11.9. The Balaban J connectivity index is 3.19. The lowest BCUT2D eigenvalue weighted by molar-refractivity contribution is 0.138. The first-order valence-electron chi connectivity index (χ1n) is 5.35. The summed E-state index contributed by atoms with van der Waals surface area (Å²) in [5.41, 5.74) is 4.61. The molecule has 0 bridgehead atoms. The Morgan fingerprint density at radius 3 is 2.07 bits per heavy atom. The SMILES string of the molecule is C=C[C@H](C)[C@@H](O)c1c(C)cc(C)cc1C. The molecule has 0 unspecified atom stereocenters. The number of aliphatic hydroxyl groups excluding tert-OH is 1.